The van der Waals surface area contributed by atoms with Crippen LogP contribution in [-0.2, 0) is 11.2 Å². The molecule has 4 aromatic rings. The SMILES string of the molecule is CCOC(=O)c1ncn(-c2ccc(Cl)cc2)c1C(Cc1ccc(F)cc1)C(=O)c1ccc(F)cc1. The lowest BCUT2D eigenvalue weighted by Crippen LogP contribution is -2.22. The summed E-state index contributed by atoms with van der Waals surface area (Å²) in [5.41, 5.74) is 1.86. The molecule has 0 spiro atoms. The van der Waals surface area contributed by atoms with Gasteiger partial charge >= 0.3 is 5.97 Å². The van der Waals surface area contributed by atoms with Crippen LogP contribution < -0.4 is 0 Å². The molecular formula is C27H21ClF2N2O3. The Labute approximate surface area is 206 Å². The maximum Gasteiger partial charge on any atom is 0.358 e. The van der Waals surface area contributed by atoms with Crippen LogP contribution in [0.5, 0.6) is 0 Å². The fourth-order valence-electron chi connectivity index (χ4n) is 3.84. The van der Waals surface area contributed by atoms with Gasteiger partial charge in [-0.15, -0.1) is 0 Å². The first kappa shape index (κ1) is 24.3. The molecule has 5 nitrogen and oxygen atoms in total. The number of hydrogen-bond donors (Lipinski definition) is 0. The normalized spacial score (nSPS) is 11.8. The van der Waals surface area contributed by atoms with E-state index in [4.69, 9.17) is 16.3 Å². The number of imidazole rings is 1. The highest BCUT2D eigenvalue weighted by Crippen LogP contribution is 2.31. The molecule has 0 fully saturated rings. The quantitative estimate of drug-likeness (QED) is 0.216. The Bertz CT molecular complexity index is 1330. The van der Waals surface area contributed by atoms with Gasteiger partial charge in [-0.25, -0.2) is 18.6 Å². The first-order chi connectivity index (χ1) is 16.9. The highest BCUT2D eigenvalue weighted by molar-refractivity contribution is 6.30. The average Bonchev–Trinajstić information content (AvgIpc) is 3.29. The molecule has 1 unspecified atom stereocenters. The molecule has 35 heavy (non-hydrogen) atoms. The van der Waals surface area contributed by atoms with Crippen LogP contribution >= 0.6 is 11.6 Å². The van der Waals surface area contributed by atoms with Gasteiger partial charge in [-0.1, -0.05) is 23.7 Å². The van der Waals surface area contributed by atoms with Gasteiger partial charge in [0.25, 0.3) is 0 Å². The van der Waals surface area contributed by atoms with Crippen molar-refractivity contribution in [2.24, 2.45) is 0 Å². The molecule has 0 bridgehead atoms. The standard InChI is InChI=1S/C27H21ClF2N2O3/c1-2-35-27(34)24-25(32(16-31-24)22-13-7-19(28)8-14-22)23(15-17-3-9-20(29)10-4-17)26(33)18-5-11-21(30)12-6-18/h3-14,16,23H,2,15H2,1H3. The highest BCUT2D eigenvalue weighted by atomic mass is 35.5. The van der Waals surface area contributed by atoms with Gasteiger partial charge in [0, 0.05) is 16.3 Å². The third kappa shape index (κ3) is 5.46. The number of ether oxygens (including phenoxy) is 1. The molecule has 8 heteroatoms. The number of carbonyl (C=O) groups is 2. The molecule has 0 saturated carbocycles. The minimum absolute atomic E-state index is 0.00984. The van der Waals surface area contributed by atoms with E-state index in [1.807, 2.05) is 0 Å². The van der Waals surface area contributed by atoms with Crippen molar-refractivity contribution in [1.29, 1.82) is 0 Å². The molecule has 0 N–H and O–H groups in total. The number of aromatic nitrogens is 2. The number of nitrogens with zero attached hydrogens (tertiary/aromatic N) is 2. The molecule has 0 saturated heterocycles. The van der Waals surface area contributed by atoms with Crippen molar-refractivity contribution in [2.75, 3.05) is 6.61 Å². The average molecular weight is 495 g/mol. The van der Waals surface area contributed by atoms with E-state index in [-0.39, 0.29) is 30.1 Å². The summed E-state index contributed by atoms with van der Waals surface area (Å²) in [5, 5.41) is 0.520. The van der Waals surface area contributed by atoms with E-state index in [1.54, 1.807) is 47.9 Å². The van der Waals surface area contributed by atoms with E-state index in [0.717, 1.165) is 0 Å². The fourth-order valence-corrected chi connectivity index (χ4v) is 3.97. The molecule has 0 aliphatic rings. The number of esters is 1. The van der Waals surface area contributed by atoms with Crippen LogP contribution in [0.25, 0.3) is 5.69 Å². The van der Waals surface area contributed by atoms with E-state index >= 15 is 0 Å². The van der Waals surface area contributed by atoms with E-state index in [1.165, 1.54) is 42.7 Å². The summed E-state index contributed by atoms with van der Waals surface area (Å²) in [5.74, 6) is -2.83. The minimum Gasteiger partial charge on any atom is -0.461 e. The van der Waals surface area contributed by atoms with Gasteiger partial charge in [-0.2, -0.15) is 0 Å². The number of rotatable bonds is 8. The molecule has 0 radical (unpaired) electrons. The first-order valence-corrected chi connectivity index (χ1v) is 11.3. The summed E-state index contributed by atoms with van der Waals surface area (Å²) in [7, 11) is 0. The lowest BCUT2D eigenvalue weighted by Gasteiger charge is -2.20. The van der Waals surface area contributed by atoms with E-state index in [9.17, 15) is 18.4 Å². The summed E-state index contributed by atoms with van der Waals surface area (Å²) < 4.78 is 33.9. The molecule has 4 rings (SSSR count). The van der Waals surface area contributed by atoms with E-state index in [0.29, 0.717) is 22.0 Å². The number of carbonyl (C=O) groups excluding carboxylic acids is 2. The van der Waals surface area contributed by atoms with Gasteiger partial charge in [0.2, 0.25) is 0 Å². The largest absolute Gasteiger partial charge is 0.461 e. The fraction of sp³-hybridized carbons (Fsp3) is 0.148. The van der Waals surface area contributed by atoms with Crippen molar-refractivity contribution in [2.45, 2.75) is 19.3 Å². The number of benzene rings is 3. The van der Waals surface area contributed by atoms with Crippen molar-refractivity contribution in [1.82, 2.24) is 9.55 Å². The predicted molar refractivity (Wildman–Crippen MR) is 128 cm³/mol. The van der Waals surface area contributed by atoms with Gasteiger partial charge in [-0.05, 0) is 79.6 Å². The number of hydrogen-bond acceptors (Lipinski definition) is 4. The van der Waals surface area contributed by atoms with Crippen molar-refractivity contribution in [3.8, 4) is 5.69 Å². The molecule has 0 aliphatic carbocycles. The molecule has 0 aliphatic heterocycles. The Kier molecular flexibility index (Phi) is 7.36. The molecular weight excluding hydrogens is 474 g/mol. The monoisotopic (exact) mass is 494 g/mol. The second-order valence-electron chi connectivity index (χ2n) is 7.80. The number of Topliss-reactive ketones (excluding diaryl/α,β-unsaturated/α-hetero) is 1. The van der Waals surface area contributed by atoms with Gasteiger partial charge < -0.3 is 9.30 Å². The lowest BCUT2D eigenvalue weighted by atomic mass is 9.87. The van der Waals surface area contributed by atoms with Crippen molar-refractivity contribution in [3.05, 3.63) is 118 Å². The van der Waals surface area contributed by atoms with Crippen LogP contribution in [0, 0.1) is 11.6 Å². The lowest BCUT2D eigenvalue weighted by molar-refractivity contribution is 0.0518. The zero-order valence-electron chi connectivity index (χ0n) is 18.8. The summed E-state index contributed by atoms with van der Waals surface area (Å²) >= 11 is 6.05. The second-order valence-corrected chi connectivity index (χ2v) is 8.24. The Morgan fingerprint density at radius 3 is 2.14 bits per heavy atom. The number of ketones is 1. The molecule has 0 amide bonds. The Hall–Kier alpha value is -3.84. The third-order valence-electron chi connectivity index (χ3n) is 5.51. The molecule has 178 valence electrons. The van der Waals surface area contributed by atoms with Crippen molar-refractivity contribution in [3.63, 3.8) is 0 Å². The smallest absolute Gasteiger partial charge is 0.358 e. The predicted octanol–water partition coefficient (Wildman–Crippen LogP) is 6.19. The zero-order chi connectivity index (χ0) is 24.9. The van der Waals surface area contributed by atoms with Crippen LogP contribution in [0.2, 0.25) is 5.02 Å². The van der Waals surface area contributed by atoms with Crippen LogP contribution in [-0.4, -0.2) is 27.9 Å². The van der Waals surface area contributed by atoms with Gasteiger partial charge in [0.15, 0.2) is 11.5 Å². The second kappa shape index (κ2) is 10.6. The summed E-state index contributed by atoms with van der Waals surface area (Å²) in [6.07, 6.45) is 1.59. The van der Waals surface area contributed by atoms with Gasteiger partial charge in [-0.3, -0.25) is 4.79 Å². The van der Waals surface area contributed by atoms with Crippen LogP contribution in [0.1, 0.15) is 44.9 Å². The van der Waals surface area contributed by atoms with Crippen LogP contribution in [0.3, 0.4) is 0 Å². The van der Waals surface area contributed by atoms with Gasteiger partial charge in [0.05, 0.1) is 18.2 Å². The molecule has 1 aromatic heterocycles. The van der Waals surface area contributed by atoms with Crippen molar-refractivity contribution >= 4 is 23.4 Å². The third-order valence-corrected chi connectivity index (χ3v) is 5.76. The van der Waals surface area contributed by atoms with Crippen molar-refractivity contribution < 1.29 is 23.1 Å². The van der Waals surface area contributed by atoms with Gasteiger partial charge in [0.1, 0.15) is 18.0 Å². The Balaban J connectivity index is 1.90. The van der Waals surface area contributed by atoms with Crippen LogP contribution in [0.15, 0.2) is 79.1 Å². The maximum absolute atomic E-state index is 13.8. The molecule has 3 aromatic carbocycles. The highest BCUT2D eigenvalue weighted by Gasteiger charge is 2.32. The maximum atomic E-state index is 13.8. The topological polar surface area (TPSA) is 61.2 Å². The summed E-state index contributed by atoms with van der Waals surface area (Å²) in [6.45, 7) is 1.80. The number of halogens is 3. The Morgan fingerprint density at radius 2 is 1.54 bits per heavy atom. The Morgan fingerprint density at radius 1 is 0.943 bits per heavy atom. The molecule has 1 heterocycles. The minimum atomic E-state index is -0.913. The first-order valence-electron chi connectivity index (χ1n) is 10.9. The summed E-state index contributed by atoms with van der Waals surface area (Å²) in [4.78, 5) is 30.9. The zero-order valence-corrected chi connectivity index (χ0v) is 19.5. The molecule has 1 atom stereocenters. The van der Waals surface area contributed by atoms with E-state index in [2.05, 4.69) is 4.98 Å². The van der Waals surface area contributed by atoms with E-state index < -0.39 is 23.5 Å². The van der Waals surface area contributed by atoms with Crippen LogP contribution in [0.4, 0.5) is 8.78 Å². The summed E-state index contributed by atoms with van der Waals surface area (Å²) in [6, 6.07) is 17.8.